The second kappa shape index (κ2) is 5.74. The first-order valence-electron chi connectivity index (χ1n) is 7.24. The Morgan fingerprint density at radius 3 is 2.35 bits per heavy atom. The number of urea groups is 1. The molecule has 2 rings (SSSR count). The maximum absolute atomic E-state index is 12.2. The highest BCUT2D eigenvalue weighted by Gasteiger charge is 2.33. The molecule has 2 saturated carbocycles. The highest BCUT2D eigenvalue weighted by molar-refractivity contribution is 5.75. The number of carbonyl (C=O) groups excluding carboxylic acids is 1. The van der Waals surface area contributed by atoms with Crippen molar-refractivity contribution in [3.05, 3.63) is 0 Å². The molecule has 0 atom stereocenters. The van der Waals surface area contributed by atoms with Gasteiger partial charge in [0.2, 0.25) is 0 Å². The summed E-state index contributed by atoms with van der Waals surface area (Å²) in [5, 5.41) is 3.23. The molecule has 3 nitrogen and oxygen atoms in total. The highest BCUT2D eigenvalue weighted by Crippen LogP contribution is 2.28. The Morgan fingerprint density at radius 1 is 1.18 bits per heavy atom. The lowest BCUT2D eigenvalue weighted by molar-refractivity contribution is 0.180. The topological polar surface area (TPSA) is 32.3 Å². The number of rotatable bonds is 4. The van der Waals surface area contributed by atoms with Crippen molar-refractivity contribution in [3.8, 4) is 0 Å². The summed E-state index contributed by atoms with van der Waals surface area (Å²) in [7, 11) is 0. The van der Waals surface area contributed by atoms with E-state index >= 15 is 0 Å². The van der Waals surface area contributed by atoms with Gasteiger partial charge in [0.25, 0.3) is 0 Å². The minimum Gasteiger partial charge on any atom is -0.335 e. The van der Waals surface area contributed by atoms with Crippen LogP contribution in [-0.4, -0.2) is 29.6 Å². The standard InChI is InChI=1S/C14H26N2O/c1-11(2)10-16(13-8-9-13)14(17)15-12-6-4-3-5-7-12/h11-13H,3-10H2,1-2H3,(H,15,17). The van der Waals surface area contributed by atoms with E-state index in [0.717, 1.165) is 6.54 Å². The van der Waals surface area contributed by atoms with Crippen LogP contribution >= 0.6 is 0 Å². The molecule has 0 bridgehead atoms. The zero-order chi connectivity index (χ0) is 12.3. The van der Waals surface area contributed by atoms with Crippen molar-refractivity contribution in [2.45, 2.75) is 70.9 Å². The fourth-order valence-corrected chi connectivity index (χ4v) is 2.68. The van der Waals surface area contributed by atoms with Crippen molar-refractivity contribution in [2.75, 3.05) is 6.54 Å². The average Bonchev–Trinajstić information content (AvgIpc) is 3.10. The zero-order valence-corrected chi connectivity index (χ0v) is 11.2. The number of hydrogen-bond donors (Lipinski definition) is 1. The molecular formula is C14H26N2O. The van der Waals surface area contributed by atoms with E-state index in [0.29, 0.717) is 18.0 Å². The lowest BCUT2D eigenvalue weighted by Gasteiger charge is -2.29. The predicted octanol–water partition coefficient (Wildman–Crippen LogP) is 3.15. The van der Waals surface area contributed by atoms with Gasteiger partial charge >= 0.3 is 6.03 Å². The van der Waals surface area contributed by atoms with Gasteiger partial charge in [0.1, 0.15) is 0 Å². The van der Waals surface area contributed by atoms with Crippen LogP contribution in [0.2, 0.25) is 0 Å². The maximum atomic E-state index is 12.2. The van der Waals surface area contributed by atoms with E-state index in [4.69, 9.17) is 0 Å². The van der Waals surface area contributed by atoms with Crippen molar-refractivity contribution in [1.82, 2.24) is 10.2 Å². The lowest BCUT2D eigenvalue weighted by Crippen LogP contribution is -2.47. The zero-order valence-electron chi connectivity index (χ0n) is 11.2. The molecule has 3 heteroatoms. The van der Waals surface area contributed by atoms with Crippen LogP contribution < -0.4 is 5.32 Å². The Morgan fingerprint density at radius 2 is 1.82 bits per heavy atom. The van der Waals surface area contributed by atoms with Gasteiger partial charge in [-0.15, -0.1) is 0 Å². The molecule has 2 fully saturated rings. The molecule has 0 heterocycles. The summed E-state index contributed by atoms with van der Waals surface area (Å²) in [5.74, 6) is 0.563. The number of carbonyl (C=O) groups is 1. The molecule has 0 aliphatic heterocycles. The summed E-state index contributed by atoms with van der Waals surface area (Å²) in [5.41, 5.74) is 0. The molecule has 0 aromatic carbocycles. The fraction of sp³-hybridized carbons (Fsp3) is 0.929. The van der Waals surface area contributed by atoms with Gasteiger partial charge in [-0.2, -0.15) is 0 Å². The molecule has 2 aliphatic carbocycles. The molecule has 0 unspecified atom stereocenters. The lowest BCUT2D eigenvalue weighted by atomic mass is 9.96. The third-order valence-electron chi connectivity index (χ3n) is 3.74. The van der Waals surface area contributed by atoms with Gasteiger partial charge in [-0.1, -0.05) is 33.1 Å². The van der Waals surface area contributed by atoms with Gasteiger partial charge in [0.05, 0.1) is 0 Å². The van der Waals surface area contributed by atoms with E-state index in [2.05, 4.69) is 24.1 Å². The van der Waals surface area contributed by atoms with Crippen LogP contribution in [0.3, 0.4) is 0 Å². The monoisotopic (exact) mass is 238 g/mol. The predicted molar refractivity (Wildman–Crippen MR) is 70.0 cm³/mol. The van der Waals surface area contributed by atoms with Gasteiger partial charge in [-0.05, 0) is 31.6 Å². The third kappa shape index (κ3) is 3.90. The SMILES string of the molecule is CC(C)CN(C(=O)NC1CCCCC1)C1CC1. The van der Waals surface area contributed by atoms with E-state index in [-0.39, 0.29) is 6.03 Å². The summed E-state index contributed by atoms with van der Waals surface area (Å²) >= 11 is 0. The van der Waals surface area contributed by atoms with Crippen LogP contribution in [-0.2, 0) is 0 Å². The van der Waals surface area contributed by atoms with Gasteiger partial charge < -0.3 is 10.2 Å². The van der Waals surface area contributed by atoms with Gasteiger partial charge in [0, 0.05) is 18.6 Å². The van der Waals surface area contributed by atoms with Crippen molar-refractivity contribution < 1.29 is 4.79 Å². The van der Waals surface area contributed by atoms with Crippen molar-refractivity contribution in [2.24, 2.45) is 5.92 Å². The Kier molecular flexibility index (Phi) is 4.30. The van der Waals surface area contributed by atoms with Crippen LogP contribution in [0.1, 0.15) is 58.8 Å². The van der Waals surface area contributed by atoms with E-state index in [1.165, 1.54) is 44.9 Å². The van der Waals surface area contributed by atoms with E-state index in [1.54, 1.807) is 0 Å². The Balaban J connectivity index is 1.82. The van der Waals surface area contributed by atoms with Gasteiger partial charge in [-0.25, -0.2) is 4.79 Å². The van der Waals surface area contributed by atoms with E-state index < -0.39 is 0 Å². The van der Waals surface area contributed by atoms with Crippen molar-refractivity contribution >= 4 is 6.03 Å². The van der Waals surface area contributed by atoms with E-state index in [1.807, 2.05) is 0 Å². The Bertz CT molecular complexity index is 255. The van der Waals surface area contributed by atoms with Crippen molar-refractivity contribution in [3.63, 3.8) is 0 Å². The number of nitrogens with zero attached hydrogens (tertiary/aromatic N) is 1. The molecule has 0 radical (unpaired) electrons. The van der Waals surface area contributed by atoms with Gasteiger partial charge in [0.15, 0.2) is 0 Å². The van der Waals surface area contributed by atoms with Crippen molar-refractivity contribution in [1.29, 1.82) is 0 Å². The van der Waals surface area contributed by atoms with Crippen LogP contribution in [0.25, 0.3) is 0 Å². The molecule has 0 aromatic heterocycles. The summed E-state index contributed by atoms with van der Waals surface area (Å²) < 4.78 is 0. The smallest absolute Gasteiger partial charge is 0.317 e. The molecule has 2 aliphatic rings. The molecular weight excluding hydrogens is 212 g/mol. The first-order valence-corrected chi connectivity index (χ1v) is 7.24. The van der Waals surface area contributed by atoms with Crippen LogP contribution in [0.4, 0.5) is 4.79 Å². The quantitative estimate of drug-likeness (QED) is 0.801. The molecule has 0 aromatic rings. The second-order valence-corrected chi connectivity index (χ2v) is 6.06. The summed E-state index contributed by atoms with van der Waals surface area (Å²) in [6, 6.07) is 1.15. The molecule has 98 valence electrons. The molecule has 17 heavy (non-hydrogen) atoms. The average molecular weight is 238 g/mol. The third-order valence-corrected chi connectivity index (χ3v) is 3.74. The summed E-state index contributed by atoms with van der Waals surface area (Å²) in [6.45, 7) is 5.27. The largest absolute Gasteiger partial charge is 0.335 e. The Hall–Kier alpha value is -0.730. The fourth-order valence-electron chi connectivity index (χ4n) is 2.68. The minimum atomic E-state index is 0.188. The number of hydrogen-bond acceptors (Lipinski definition) is 1. The molecule has 1 N–H and O–H groups in total. The minimum absolute atomic E-state index is 0.188. The van der Waals surface area contributed by atoms with Crippen LogP contribution in [0.15, 0.2) is 0 Å². The van der Waals surface area contributed by atoms with Crippen LogP contribution in [0, 0.1) is 5.92 Å². The summed E-state index contributed by atoms with van der Waals surface area (Å²) in [4.78, 5) is 14.3. The van der Waals surface area contributed by atoms with Gasteiger partial charge in [-0.3, -0.25) is 0 Å². The van der Waals surface area contributed by atoms with Crippen LogP contribution in [0.5, 0.6) is 0 Å². The number of amides is 2. The molecule has 0 saturated heterocycles. The number of nitrogens with one attached hydrogen (secondary N) is 1. The second-order valence-electron chi connectivity index (χ2n) is 6.06. The normalized spacial score (nSPS) is 21.6. The highest BCUT2D eigenvalue weighted by atomic mass is 16.2. The first-order chi connectivity index (χ1) is 8.16. The Labute approximate surface area is 105 Å². The maximum Gasteiger partial charge on any atom is 0.317 e. The summed E-state index contributed by atoms with van der Waals surface area (Å²) in [6.07, 6.45) is 8.63. The molecule has 0 spiro atoms. The first kappa shape index (κ1) is 12.7. The van der Waals surface area contributed by atoms with E-state index in [9.17, 15) is 4.79 Å². The molecule has 2 amide bonds.